The van der Waals surface area contributed by atoms with Crippen LogP contribution in [0.2, 0.25) is 0 Å². The lowest BCUT2D eigenvalue weighted by Gasteiger charge is -2.11. The first-order valence-corrected chi connectivity index (χ1v) is 7.36. The summed E-state index contributed by atoms with van der Waals surface area (Å²) in [6, 6.07) is 4.57. The van der Waals surface area contributed by atoms with Crippen molar-refractivity contribution >= 4 is 24.0 Å². The Bertz CT molecular complexity index is 671. The average molecular weight is 334 g/mol. The van der Waals surface area contributed by atoms with E-state index < -0.39 is 24.0 Å². The third kappa shape index (κ3) is 4.73. The molecule has 1 atom stereocenters. The van der Waals surface area contributed by atoms with Crippen LogP contribution in [-0.4, -0.2) is 37.3 Å². The summed E-state index contributed by atoms with van der Waals surface area (Å²) in [5.41, 5.74) is 0.718. The molecule has 0 spiro atoms. The van der Waals surface area contributed by atoms with Gasteiger partial charge in [-0.05, 0) is 37.6 Å². The number of hydrogen-bond donors (Lipinski definition) is 2. The molecule has 0 bridgehead atoms. The Morgan fingerprint density at radius 2 is 2.04 bits per heavy atom. The van der Waals surface area contributed by atoms with Crippen LogP contribution < -0.4 is 20.1 Å². The smallest absolute Gasteiger partial charge is 0.331 e. The number of esters is 1. The zero-order valence-corrected chi connectivity index (χ0v) is 13.3. The molecule has 1 aromatic rings. The van der Waals surface area contributed by atoms with Gasteiger partial charge in [-0.1, -0.05) is 6.07 Å². The van der Waals surface area contributed by atoms with E-state index in [9.17, 15) is 14.4 Å². The lowest BCUT2D eigenvalue weighted by molar-refractivity contribution is -0.149. The number of urea groups is 1. The molecule has 0 aromatic heterocycles. The number of rotatable bonds is 5. The zero-order valence-electron chi connectivity index (χ0n) is 13.3. The van der Waals surface area contributed by atoms with E-state index in [-0.39, 0.29) is 6.79 Å². The highest BCUT2D eigenvalue weighted by molar-refractivity contribution is 5.98. The normalized spacial score (nSPS) is 13.4. The van der Waals surface area contributed by atoms with Crippen LogP contribution in [0, 0.1) is 0 Å². The van der Waals surface area contributed by atoms with Crippen LogP contribution >= 0.6 is 0 Å². The summed E-state index contributed by atoms with van der Waals surface area (Å²) in [6.07, 6.45) is 1.62. The minimum absolute atomic E-state index is 0.169. The van der Waals surface area contributed by atoms with Crippen molar-refractivity contribution in [2.24, 2.45) is 0 Å². The van der Waals surface area contributed by atoms with Gasteiger partial charge in [0.25, 0.3) is 5.91 Å². The molecule has 1 aromatic carbocycles. The van der Waals surface area contributed by atoms with Crippen LogP contribution in [0.15, 0.2) is 24.3 Å². The molecule has 24 heavy (non-hydrogen) atoms. The second-order valence-corrected chi connectivity index (χ2v) is 4.87. The Hall–Kier alpha value is -3.03. The molecule has 128 valence electrons. The second kappa shape index (κ2) is 8.00. The summed E-state index contributed by atoms with van der Waals surface area (Å²) in [7, 11) is 0. The molecule has 8 heteroatoms. The topological polar surface area (TPSA) is 103 Å². The molecule has 0 radical (unpaired) electrons. The number of carbonyl (C=O) groups excluding carboxylic acids is 3. The molecule has 0 fully saturated rings. The number of ether oxygens (including phenoxy) is 3. The number of amides is 3. The van der Waals surface area contributed by atoms with Crippen LogP contribution in [0.25, 0.3) is 6.08 Å². The van der Waals surface area contributed by atoms with Gasteiger partial charge in [-0.2, -0.15) is 0 Å². The monoisotopic (exact) mass is 334 g/mol. The summed E-state index contributed by atoms with van der Waals surface area (Å²) < 4.78 is 15.4. The number of nitrogens with one attached hydrogen (secondary N) is 2. The van der Waals surface area contributed by atoms with Gasteiger partial charge >= 0.3 is 12.0 Å². The Kier molecular flexibility index (Phi) is 5.78. The first-order chi connectivity index (χ1) is 11.5. The number of carbonyl (C=O) groups is 3. The maximum Gasteiger partial charge on any atom is 0.331 e. The summed E-state index contributed by atoms with van der Waals surface area (Å²) in [6.45, 7) is 3.64. The molecule has 1 aliphatic heterocycles. The van der Waals surface area contributed by atoms with E-state index in [2.05, 4.69) is 10.6 Å². The number of imide groups is 1. The number of fused-ring (bicyclic) bond motifs is 1. The molecule has 0 saturated carbocycles. The van der Waals surface area contributed by atoms with Gasteiger partial charge in [-0.3, -0.25) is 10.1 Å². The lowest BCUT2D eigenvalue weighted by Crippen LogP contribution is -2.44. The van der Waals surface area contributed by atoms with Gasteiger partial charge in [-0.15, -0.1) is 0 Å². The van der Waals surface area contributed by atoms with Crippen molar-refractivity contribution in [2.45, 2.75) is 20.0 Å². The van der Waals surface area contributed by atoms with Gasteiger partial charge in [0.1, 0.15) is 0 Å². The highest BCUT2D eigenvalue weighted by Gasteiger charge is 2.18. The Labute approximate surface area is 138 Å². The van der Waals surface area contributed by atoms with E-state index in [1.54, 1.807) is 25.1 Å². The van der Waals surface area contributed by atoms with Gasteiger partial charge < -0.3 is 19.5 Å². The van der Waals surface area contributed by atoms with E-state index >= 15 is 0 Å². The van der Waals surface area contributed by atoms with Crippen LogP contribution in [0.5, 0.6) is 11.5 Å². The van der Waals surface area contributed by atoms with Crippen LogP contribution in [0.1, 0.15) is 19.4 Å². The maximum absolute atomic E-state index is 11.7. The summed E-state index contributed by atoms with van der Waals surface area (Å²) in [5, 5.41) is 4.47. The Balaban J connectivity index is 1.85. The van der Waals surface area contributed by atoms with Crippen LogP contribution in [0.3, 0.4) is 0 Å². The zero-order chi connectivity index (χ0) is 17.5. The molecule has 1 heterocycles. The van der Waals surface area contributed by atoms with Gasteiger partial charge in [0.2, 0.25) is 6.79 Å². The molecular formula is C16H18N2O6. The summed E-state index contributed by atoms with van der Waals surface area (Å²) >= 11 is 0. The van der Waals surface area contributed by atoms with Crippen molar-refractivity contribution in [3.05, 3.63) is 29.8 Å². The van der Waals surface area contributed by atoms with Crippen molar-refractivity contribution in [3.63, 3.8) is 0 Å². The third-order valence-electron chi connectivity index (χ3n) is 3.04. The second-order valence-electron chi connectivity index (χ2n) is 4.87. The van der Waals surface area contributed by atoms with E-state index in [1.165, 1.54) is 19.1 Å². The fraction of sp³-hybridized carbons (Fsp3) is 0.312. The largest absolute Gasteiger partial charge is 0.454 e. The Morgan fingerprint density at radius 1 is 1.29 bits per heavy atom. The van der Waals surface area contributed by atoms with Crippen molar-refractivity contribution in [1.82, 2.24) is 10.6 Å². The minimum Gasteiger partial charge on any atom is -0.454 e. The standard InChI is InChI=1S/C16H18N2O6/c1-3-17-16(21)18-15(20)10(2)24-14(19)7-5-11-4-6-12-13(8-11)23-9-22-12/h4-8,10H,3,9H2,1-2H3,(H2,17,18,20,21)/b7-5+/t10-/m1/s1. The molecular weight excluding hydrogens is 316 g/mol. The predicted molar refractivity (Wildman–Crippen MR) is 84.4 cm³/mol. The van der Waals surface area contributed by atoms with Crippen LogP contribution in [0.4, 0.5) is 4.79 Å². The molecule has 0 aliphatic carbocycles. The van der Waals surface area contributed by atoms with Gasteiger partial charge in [0.15, 0.2) is 17.6 Å². The number of benzene rings is 1. The first-order valence-electron chi connectivity index (χ1n) is 7.36. The summed E-state index contributed by atoms with van der Waals surface area (Å²) in [4.78, 5) is 34.6. The molecule has 2 N–H and O–H groups in total. The SMILES string of the molecule is CCNC(=O)NC(=O)[C@@H](C)OC(=O)/C=C/c1ccc2c(c1)OCO2. The van der Waals surface area contributed by atoms with Gasteiger partial charge in [0, 0.05) is 12.6 Å². The van der Waals surface area contributed by atoms with E-state index in [1.807, 2.05) is 0 Å². The van der Waals surface area contributed by atoms with Crippen molar-refractivity contribution in [3.8, 4) is 11.5 Å². The van der Waals surface area contributed by atoms with Crippen molar-refractivity contribution < 1.29 is 28.6 Å². The molecule has 0 unspecified atom stereocenters. The van der Waals surface area contributed by atoms with Crippen molar-refractivity contribution in [1.29, 1.82) is 0 Å². The fourth-order valence-corrected chi connectivity index (χ4v) is 1.87. The average Bonchev–Trinajstić information content (AvgIpc) is 3.00. The fourth-order valence-electron chi connectivity index (χ4n) is 1.87. The quantitative estimate of drug-likeness (QED) is 0.620. The van der Waals surface area contributed by atoms with Gasteiger partial charge in [-0.25, -0.2) is 9.59 Å². The van der Waals surface area contributed by atoms with E-state index in [0.717, 1.165) is 5.56 Å². The van der Waals surface area contributed by atoms with E-state index in [4.69, 9.17) is 14.2 Å². The van der Waals surface area contributed by atoms with Gasteiger partial charge in [0.05, 0.1) is 0 Å². The molecule has 3 amide bonds. The predicted octanol–water partition coefficient (Wildman–Crippen LogP) is 1.21. The number of hydrogen-bond acceptors (Lipinski definition) is 6. The third-order valence-corrected chi connectivity index (χ3v) is 3.04. The van der Waals surface area contributed by atoms with Crippen LogP contribution in [-0.2, 0) is 14.3 Å². The first kappa shape index (κ1) is 17.3. The molecule has 0 saturated heterocycles. The Morgan fingerprint density at radius 3 is 2.79 bits per heavy atom. The lowest BCUT2D eigenvalue weighted by atomic mass is 10.2. The molecule has 8 nitrogen and oxygen atoms in total. The maximum atomic E-state index is 11.7. The van der Waals surface area contributed by atoms with E-state index in [0.29, 0.717) is 18.0 Å². The van der Waals surface area contributed by atoms with Crippen molar-refractivity contribution in [2.75, 3.05) is 13.3 Å². The highest BCUT2D eigenvalue weighted by atomic mass is 16.7. The molecule has 1 aliphatic rings. The molecule has 2 rings (SSSR count). The summed E-state index contributed by atoms with van der Waals surface area (Å²) in [5.74, 6) is -0.164. The highest BCUT2D eigenvalue weighted by Crippen LogP contribution is 2.32. The minimum atomic E-state index is -1.10.